The van der Waals surface area contributed by atoms with Crippen molar-refractivity contribution in [2.24, 2.45) is 11.8 Å². The zero-order valence-corrected chi connectivity index (χ0v) is 32.1. The van der Waals surface area contributed by atoms with Crippen molar-refractivity contribution in [2.75, 3.05) is 4.90 Å². The molecule has 3 fully saturated rings. The van der Waals surface area contributed by atoms with Crippen molar-refractivity contribution in [3.63, 3.8) is 0 Å². The molecule has 1 heteroatoms. The van der Waals surface area contributed by atoms with Gasteiger partial charge in [-0.25, -0.2) is 0 Å². The minimum absolute atomic E-state index is 0.0727. The summed E-state index contributed by atoms with van der Waals surface area (Å²) in [6.45, 7) is 4.82. The molecular weight excluding hydrogens is 651 g/mol. The third kappa shape index (κ3) is 5.57. The molecule has 0 aromatic heterocycles. The van der Waals surface area contributed by atoms with E-state index in [1.165, 1.54) is 126 Å². The molecule has 6 aromatic rings. The number of benzene rings is 6. The fourth-order valence-corrected chi connectivity index (χ4v) is 11.5. The van der Waals surface area contributed by atoms with Gasteiger partial charge in [0.1, 0.15) is 0 Å². The fraction of sp³-hybridized carbons (Fsp3) is 0.321. The molecule has 0 amide bonds. The van der Waals surface area contributed by atoms with E-state index < -0.39 is 0 Å². The second kappa shape index (κ2) is 13.5. The van der Waals surface area contributed by atoms with Gasteiger partial charge in [-0.2, -0.15) is 0 Å². The topological polar surface area (TPSA) is 3.24 Å². The van der Waals surface area contributed by atoms with Crippen LogP contribution in [0.2, 0.25) is 0 Å². The number of rotatable bonds is 7. The second-order valence-corrected chi connectivity index (χ2v) is 17.6. The summed E-state index contributed by atoms with van der Waals surface area (Å²) in [7, 11) is 0. The summed E-state index contributed by atoms with van der Waals surface area (Å²) in [5, 5.41) is 0. The molecule has 10 rings (SSSR count). The molecule has 270 valence electrons. The molecule has 4 aliphatic rings. The molecule has 6 aromatic carbocycles. The van der Waals surface area contributed by atoms with Gasteiger partial charge in [-0.05, 0) is 136 Å². The van der Waals surface area contributed by atoms with E-state index in [0.717, 1.165) is 17.8 Å². The van der Waals surface area contributed by atoms with Crippen LogP contribution in [0.25, 0.3) is 22.3 Å². The predicted molar refractivity (Wildman–Crippen MR) is 227 cm³/mol. The van der Waals surface area contributed by atoms with Crippen LogP contribution in [-0.2, 0) is 10.8 Å². The van der Waals surface area contributed by atoms with E-state index in [1.54, 1.807) is 5.56 Å². The van der Waals surface area contributed by atoms with Crippen molar-refractivity contribution in [3.05, 3.63) is 173 Å². The lowest BCUT2D eigenvalue weighted by atomic mass is 9.69. The Bertz CT molecular complexity index is 2260. The molecule has 4 aliphatic carbocycles. The lowest BCUT2D eigenvalue weighted by Gasteiger charge is -2.35. The molecular formula is C53H53N. The zero-order chi connectivity index (χ0) is 36.3. The highest BCUT2D eigenvalue weighted by Gasteiger charge is 2.41. The second-order valence-electron chi connectivity index (χ2n) is 17.6. The molecule has 0 spiro atoms. The van der Waals surface area contributed by atoms with Gasteiger partial charge in [0.2, 0.25) is 0 Å². The van der Waals surface area contributed by atoms with Crippen LogP contribution >= 0.6 is 0 Å². The number of hydrogen-bond donors (Lipinski definition) is 0. The number of anilines is 3. The van der Waals surface area contributed by atoms with E-state index in [-0.39, 0.29) is 10.8 Å². The first-order valence-electron chi connectivity index (χ1n) is 20.9. The number of nitrogens with zero attached hydrogens (tertiary/aromatic N) is 1. The summed E-state index contributed by atoms with van der Waals surface area (Å²) in [5.74, 6) is 2.56. The zero-order valence-electron chi connectivity index (χ0n) is 32.1. The predicted octanol–water partition coefficient (Wildman–Crippen LogP) is 14.7. The summed E-state index contributed by atoms with van der Waals surface area (Å²) in [6, 6.07) is 55.9. The van der Waals surface area contributed by atoms with E-state index in [4.69, 9.17) is 0 Å². The Morgan fingerprint density at radius 3 is 1.83 bits per heavy atom. The van der Waals surface area contributed by atoms with Crippen molar-refractivity contribution in [3.8, 4) is 22.3 Å². The fourth-order valence-electron chi connectivity index (χ4n) is 11.5. The van der Waals surface area contributed by atoms with Crippen LogP contribution < -0.4 is 4.90 Å². The van der Waals surface area contributed by atoms with Crippen molar-refractivity contribution < 1.29 is 0 Å². The van der Waals surface area contributed by atoms with Gasteiger partial charge in [-0.1, -0.05) is 155 Å². The van der Waals surface area contributed by atoms with Gasteiger partial charge in [0, 0.05) is 27.9 Å². The Morgan fingerprint density at radius 2 is 1.17 bits per heavy atom. The highest BCUT2D eigenvalue weighted by molar-refractivity contribution is 5.94. The lowest BCUT2D eigenvalue weighted by Crippen LogP contribution is -2.27. The monoisotopic (exact) mass is 703 g/mol. The van der Waals surface area contributed by atoms with Crippen LogP contribution in [-0.4, -0.2) is 0 Å². The van der Waals surface area contributed by atoms with Crippen molar-refractivity contribution in [1.82, 2.24) is 0 Å². The molecule has 0 aliphatic heterocycles. The Morgan fingerprint density at radius 1 is 0.519 bits per heavy atom. The van der Waals surface area contributed by atoms with Crippen molar-refractivity contribution in [2.45, 2.75) is 94.8 Å². The Hall–Kier alpha value is -4.88. The van der Waals surface area contributed by atoms with Crippen LogP contribution in [0.5, 0.6) is 0 Å². The minimum atomic E-state index is -0.117. The molecule has 0 N–H and O–H groups in total. The van der Waals surface area contributed by atoms with E-state index in [2.05, 4.69) is 164 Å². The smallest absolute Gasteiger partial charge is 0.0465 e. The van der Waals surface area contributed by atoms with Crippen LogP contribution in [0.1, 0.15) is 112 Å². The average Bonchev–Trinajstić information content (AvgIpc) is 3.85. The summed E-state index contributed by atoms with van der Waals surface area (Å²) in [4.78, 5) is 2.52. The molecule has 54 heavy (non-hydrogen) atoms. The maximum atomic E-state index is 2.52. The quantitative estimate of drug-likeness (QED) is 0.150. The third-order valence-corrected chi connectivity index (χ3v) is 14.3. The highest BCUT2D eigenvalue weighted by Crippen LogP contribution is 2.55. The largest absolute Gasteiger partial charge is 0.310 e. The molecule has 2 bridgehead atoms. The van der Waals surface area contributed by atoms with Gasteiger partial charge >= 0.3 is 0 Å². The molecule has 3 saturated carbocycles. The molecule has 0 radical (unpaired) electrons. The van der Waals surface area contributed by atoms with Gasteiger partial charge in [0.25, 0.3) is 0 Å². The Kier molecular flexibility index (Phi) is 8.39. The minimum Gasteiger partial charge on any atom is -0.310 e. The molecule has 3 atom stereocenters. The van der Waals surface area contributed by atoms with Gasteiger partial charge in [-0.3, -0.25) is 0 Å². The first kappa shape index (κ1) is 33.7. The normalized spacial score (nSPS) is 22.0. The summed E-state index contributed by atoms with van der Waals surface area (Å²) in [5.41, 5.74) is 16.3. The van der Waals surface area contributed by atoms with Crippen molar-refractivity contribution >= 4 is 17.1 Å². The summed E-state index contributed by atoms with van der Waals surface area (Å²) >= 11 is 0. The number of fused-ring (bicyclic) bond motifs is 5. The highest BCUT2D eigenvalue weighted by atomic mass is 15.1. The Balaban J connectivity index is 1.08. The van der Waals surface area contributed by atoms with Crippen LogP contribution in [0.4, 0.5) is 17.1 Å². The summed E-state index contributed by atoms with van der Waals surface area (Å²) < 4.78 is 0. The average molecular weight is 704 g/mol. The number of hydrogen-bond acceptors (Lipinski definition) is 1. The Labute approximate surface area is 323 Å². The standard InChI is InChI=1S/C53H53N/c1-52(2)49-19-13-18-46(38-14-7-5-8-15-38)51(49)47-31-30-45(36-50(47)52)54(43-26-22-39(23-27-43)48-35-37-20-21-40(48)34-37)44-28-24-42(25-29-44)53(32-11-3-4-12-33-53)41-16-9-6-10-17-41/h5-10,13-19,22-31,36-37,40,48H,3-4,11-12,20-21,32-35H2,1-2H3. The molecule has 3 unspecified atom stereocenters. The van der Waals surface area contributed by atoms with E-state index in [1.807, 2.05) is 0 Å². The molecule has 0 heterocycles. The van der Waals surface area contributed by atoms with Crippen LogP contribution in [0, 0.1) is 11.8 Å². The van der Waals surface area contributed by atoms with Crippen molar-refractivity contribution in [1.29, 1.82) is 0 Å². The maximum Gasteiger partial charge on any atom is 0.0465 e. The van der Waals surface area contributed by atoms with E-state index >= 15 is 0 Å². The van der Waals surface area contributed by atoms with Crippen LogP contribution in [0.15, 0.2) is 146 Å². The SMILES string of the molecule is CC1(C)c2cc(N(c3ccc(C4CC5CCC4C5)cc3)c3ccc(C4(c5ccccc5)CCCCCC4)cc3)ccc2-c2c(-c3ccccc3)cccc21. The van der Waals surface area contributed by atoms with Gasteiger partial charge in [0.15, 0.2) is 0 Å². The van der Waals surface area contributed by atoms with E-state index in [9.17, 15) is 0 Å². The molecule has 1 nitrogen and oxygen atoms in total. The summed E-state index contributed by atoms with van der Waals surface area (Å²) in [6.07, 6.45) is 13.4. The van der Waals surface area contributed by atoms with Gasteiger partial charge in [-0.15, -0.1) is 0 Å². The lowest BCUT2D eigenvalue weighted by molar-refractivity contribution is 0.420. The first-order chi connectivity index (χ1) is 26.5. The maximum absolute atomic E-state index is 2.52. The first-order valence-corrected chi connectivity index (χ1v) is 20.9. The van der Waals surface area contributed by atoms with E-state index in [0.29, 0.717) is 0 Å². The van der Waals surface area contributed by atoms with Gasteiger partial charge < -0.3 is 4.90 Å². The third-order valence-electron chi connectivity index (χ3n) is 14.3. The molecule has 0 saturated heterocycles. The van der Waals surface area contributed by atoms with Crippen LogP contribution in [0.3, 0.4) is 0 Å². The van der Waals surface area contributed by atoms with Gasteiger partial charge in [0.05, 0.1) is 0 Å².